The smallest absolute Gasteiger partial charge is 0.0400 e. The van der Waals surface area contributed by atoms with Crippen LogP contribution in [0, 0.1) is 13.8 Å². The molecule has 0 aliphatic rings. The zero-order chi connectivity index (χ0) is 10.7. The number of pyridine rings is 1. The van der Waals surface area contributed by atoms with Gasteiger partial charge in [0, 0.05) is 35.5 Å². The lowest BCUT2D eigenvalue weighted by Crippen LogP contribution is -2.24. The summed E-state index contributed by atoms with van der Waals surface area (Å²) in [5, 5.41) is 0. The van der Waals surface area contributed by atoms with Crippen molar-refractivity contribution in [3.8, 4) is 0 Å². The summed E-state index contributed by atoms with van der Waals surface area (Å²) in [5.41, 5.74) is 3.39. The minimum atomic E-state index is 0.501. The second-order valence-electron chi connectivity index (χ2n) is 3.77. The molecule has 0 aromatic carbocycles. The molecular weight excluding hydrogens is 240 g/mol. The Hall–Kier alpha value is -0.570. The lowest BCUT2D eigenvalue weighted by molar-refractivity contribution is 0.873. The van der Waals surface area contributed by atoms with E-state index in [2.05, 4.69) is 51.9 Å². The molecule has 1 aromatic rings. The van der Waals surface area contributed by atoms with Crippen molar-refractivity contribution in [3.05, 3.63) is 23.5 Å². The molecule has 1 heterocycles. The minimum absolute atomic E-state index is 0.501. The number of anilines is 1. The van der Waals surface area contributed by atoms with E-state index in [1.165, 1.54) is 5.69 Å². The predicted octanol–water partition coefficient (Wildman–Crippen LogP) is 2.92. The average Bonchev–Trinajstić information content (AvgIpc) is 2.00. The zero-order valence-corrected chi connectivity index (χ0v) is 10.8. The third-order valence-corrected chi connectivity index (χ3v) is 2.32. The van der Waals surface area contributed by atoms with Gasteiger partial charge in [0.1, 0.15) is 0 Å². The number of hydrogen-bond donors (Lipinski definition) is 0. The Bertz CT molecular complexity index is 290. The van der Waals surface area contributed by atoms with Gasteiger partial charge < -0.3 is 4.90 Å². The van der Waals surface area contributed by atoms with Crippen molar-refractivity contribution in [2.24, 2.45) is 0 Å². The molecule has 0 fully saturated rings. The van der Waals surface area contributed by atoms with E-state index in [1.807, 2.05) is 13.8 Å². The van der Waals surface area contributed by atoms with Gasteiger partial charge in [-0.2, -0.15) is 0 Å². The standard InChI is InChI=1S/C11H17BrN2/c1-8(12)7-14(4)11-5-9(2)13-10(3)6-11/h5-6,8H,7H2,1-4H3. The number of halogens is 1. The summed E-state index contributed by atoms with van der Waals surface area (Å²) in [5.74, 6) is 0. The third-order valence-electron chi connectivity index (χ3n) is 2.03. The molecule has 0 N–H and O–H groups in total. The normalized spacial score (nSPS) is 12.6. The fourth-order valence-corrected chi connectivity index (χ4v) is 1.95. The van der Waals surface area contributed by atoms with Crippen LogP contribution < -0.4 is 4.90 Å². The predicted molar refractivity (Wildman–Crippen MR) is 65.4 cm³/mol. The molecule has 14 heavy (non-hydrogen) atoms. The maximum atomic E-state index is 4.36. The molecule has 1 atom stereocenters. The molecule has 0 spiro atoms. The van der Waals surface area contributed by atoms with Gasteiger partial charge in [0.15, 0.2) is 0 Å². The molecule has 2 nitrogen and oxygen atoms in total. The van der Waals surface area contributed by atoms with Crippen LogP contribution >= 0.6 is 15.9 Å². The van der Waals surface area contributed by atoms with Gasteiger partial charge in [-0.25, -0.2) is 0 Å². The van der Waals surface area contributed by atoms with Crippen LogP contribution in [0.1, 0.15) is 18.3 Å². The maximum Gasteiger partial charge on any atom is 0.0400 e. The fourth-order valence-electron chi connectivity index (χ4n) is 1.52. The first-order valence-corrected chi connectivity index (χ1v) is 5.71. The van der Waals surface area contributed by atoms with E-state index in [-0.39, 0.29) is 0 Å². The van der Waals surface area contributed by atoms with E-state index in [0.717, 1.165) is 17.9 Å². The fraction of sp³-hybridized carbons (Fsp3) is 0.545. The van der Waals surface area contributed by atoms with Crippen LogP contribution in [0.5, 0.6) is 0 Å². The lowest BCUT2D eigenvalue weighted by Gasteiger charge is -2.21. The van der Waals surface area contributed by atoms with Crippen LogP contribution in [-0.4, -0.2) is 23.4 Å². The van der Waals surface area contributed by atoms with E-state index in [0.29, 0.717) is 4.83 Å². The maximum absolute atomic E-state index is 4.36. The first-order valence-electron chi connectivity index (χ1n) is 4.79. The van der Waals surface area contributed by atoms with Gasteiger partial charge in [0.25, 0.3) is 0 Å². The minimum Gasteiger partial charge on any atom is -0.373 e. The van der Waals surface area contributed by atoms with Crippen molar-refractivity contribution < 1.29 is 0 Å². The van der Waals surface area contributed by atoms with Gasteiger partial charge in [-0.3, -0.25) is 4.98 Å². The number of nitrogens with zero attached hydrogens (tertiary/aromatic N) is 2. The Balaban J connectivity index is 2.84. The molecule has 0 saturated carbocycles. The van der Waals surface area contributed by atoms with Crippen LogP contribution in [0.2, 0.25) is 0 Å². The second-order valence-corrected chi connectivity index (χ2v) is 5.33. The second kappa shape index (κ2) is 4.78. The van der Waals surface area contributed by atoms with Gasteiger partial charge >= 0.3 is 0 Å². The molecule has 78 valence electrons. The van der Waals surface area contributed by atoms with Gasteiger partial charge in [-0.05, 0) is 26.0 Å². The van der Waals surface area contributed by atoms with Crippen molar-refractivity contribution >= 4 is 21.6 Å². The van der Waals surface area contributed by atoms with Crippen molar-refractivity contribution in [2.45, 2.75) is 25.6 Å². The van der Waals surface area contributed by atoms with E-state index >= 15 is 0 Å². The first kappa shape index (κ1) is 11.5. The van der Waals surface area contributed by atoms with Crippen molar-refractivity contribution in [3.63, 3.8) is 0 Å². The Morgan fingerprint density at radius 1 is 1.36 bits per heavy atom. The Labute approximate surface area is 94.5 Å². The summed E-state index contributed by atoms with van der Waals surface area (Å²) < 4.78 is 0. The van der Waals surface area contributed by atoms with Crippen LogP contribution in [0.15, 0.2) is 12.1 Å². The lowest BCUT2D eigenvalue weighted by atomic mass is 10.2. The zero-order valence-electron chi connectivity index (χ0n) is 9.21. The van der Waals surface area contributed by atoms with Crippen molar-refractivity contribution in [1.29, 1.82) is 0 Å². The molecule has 0 saturated heterocycles. The summed E-state index contributed by atoms with van der Waals surface area (Å²) >= 11 is 3.55. The topological polar surface area (TPSA) is 16.1 Å². The summed E-state index contributed by atoms with van der Waals surface area (Å²) in [4.78, 5) is 7.10. The summed E-state index contributed by atoms with van der Waals surface area (Å²) in [7, 11) is 2.10. The first-order chi connectivity index (χ1) is 6.49. The number of hydrogen-bond acceptors (Lipinski definition) is 2. The van der Waals surface area contributed by atoms with Crippen LogP contribution in [-0.2, 0) is 0 Å². The summed E-state index contributed by atoms with van der Waals surface area (Å²) in [6.45, 7) is 7.21. The van der Waals surface area contributed by atoms with Crippen LogP contribution in [0.25, 0.3) is 0 Å². The average molecular weight is 257 g/mol. The van der Waals surface area contributed by atoms with E-state index in [4.69, 9.17) is 0 Å². The molecular formula is C11H17BrN2. The molecule has 0 aliphatic carbocycles. The Kier molecular flexibility index (Phi) is 3.93. The Morgan fingerprint density at radius 2 is 1.86 bits per heavy atom. The van der Waals surface area contributed by atoms with Crippen molar-refractivity contribution in [2.75, 3.05) is 18.5 Å². The quantitative estimate of drug-likeness (QED) is 0.774. The van der Waals surface area contributed by atoms with E-state index in [9.17, 15) is 0 Å². The molecule has 1 rings (SSSR count). The molecule has 0 radical (unpaired) electrons. The van der Waals surface area contributed by atoms with Gasteiger partial charge in [-0.1, -0.05) is 22.9 Å². The third kappa shape index (κ3) is 3.29. The highest BCUT2D eigenvalue weighted by Crippen LogP contribution is 2.16. The monoisotopic (exact) mass is 256 g/mol. The molecule has 0 bridgehead atoms. The SMILES string of the molecule is Cc1cc(N(C)CC(C)Br)cc(C)n1. The highest BCUT2D eigenvalue weighted by molar-refractivity contribution is 9.09. The van der Waals surface area contributed by atoms with Crippen molar-refractivity contribution in [1.82, 2.24) is 4.98 Å². The number of aryl methyl sites for hydroxylation is 2. The molecule has 0 aliphatic heterocycles. The number of rotatable bonds is 3. The van der Waals surface area contributed by atoms with Crippen LogP contribution in [0.3, 0.4) is 0 Å². The largest absolute Gasteiger partial charge is 0.373 e. The Morgan fingerprint density at radius 3 is 2.29 bits per heavy atom. The highest BCUT2D eigenvalue weighted by atomic mass is 79.9. The van der Waals surface area contributed by atoms with Gasteiger partial charge in [0.2, 0.25) is 0 Å². The van der Waals surface area contributed by atoms with Crippen LogP contribution in [0.4, 0.5) is 5.69 Å². The van der Waals surface area contributed by atoms with E-state index in [1.54, 1.807) is 0 Å². The summed E-state index contributed by atoms with van der Waals surface area (Å²) in [6, 6.07) is 4.23. The molecule has 0 amide bonds. The highest BCUT2D eigenvalue weighted by Gasteiger charge is 2.05. The molecule has 1 aromatic heterocycles. The molecule has 1 unspecified atom stereocenters. The van der Waals surface area contributed by atoms with E-state index < -0.39 is 0 Å². The molecule has 3 heteroatoms. The van der Waals surface area contributed by atoms with Gasteiger partial charge in [-0.15, -0.1) is 0 Å². The van der Waals surface area contributed by atoms with Gasteiger partial charge in [0.05, 0.1) is 0 Å². The number of aromatic nitrogens is 1. The number of alkyl halides is 1. The summed E-state index contributed by atoms with van der Waals surface area (Å²) in [6.07, 6.45) is 0.